The predicted octanol–water partition coefficient (Wildman–Crippen LogP) is 3.35. The Morgan fingerprint density at radius 1 is 1.35 bits per heavy atom. The molecular formula is C15H18BrN3S. The molecule has 0 aliphatic rings. The number of benzene rings is 1. The fraction of sp³-hybridized carbons (Fsp3) is 0.267. The zero-order valence-corrected chi connectivity index (χ0v) is 13.7. The molecule has 106 valence electrons. The summed E-state index contributed by atoms with van der Waals surface area (Å²) in [5.74, 6) is 0.980. The highest BCUT2D eigenvalue weighted by Crippen LogP contribution is 2.28. The molecule has 1 heterocycles. The summed E-state index contributed by atoms with van der Waals surface area (Å²) in [7, 11) is 1.98. The van der Waals surface area contributed by atoms with Crippen LogP contribution in [0.3, 0.4) is 0 Å². The Kier molecular flexibility index (Phi) is 5.88. The van der Waals surface area contributed by atoms with E-state index in [0.717, 1.165) is 27.9 Å². The number of anilines is 1. The van der Waals surface area contributed by atoms with E-state index in [9.17, 15) is 0 Å². The normalized spacial score (nSPS) is 12.3. The lowest BCUT2D eigenvalue weighted by Crippen LogP contribution is -2.30. The molecule has 0 aliphatic carbocycles. The Hall–Kier alpha value is -1.04. The van der Waals surface area contributed by atoms with Crippen LogP contribution in [0, 0.1) is 0 Å². The lowest BCUT2D eigenvalue weighted by molar-refractivity contribution is 0.617. The van der Waals surface area contributed by atoms with E-state index >= 15 is 0 Å². The highest BCUT2D eigenvalue weighted by Gasteiger charge is 2.11. The predicted molar refractivity (Wildman–Crippen MR) is 90.1 cm³/mol. The van der Waals surface area contributed by atoms with Crippen LogP contribution in [0.25, 0.3) is 0 Å². The van der Waals surface area contributed by atoms with Crippen molar-refractivity contribution in [2.24, 2.45) is 0 Å². The maximum absolute atomic E-state index is 5.97. The van der Waals surface area contributed by atoms with E-state index in [1.165, 1.54) is 4.90 Å². The molecule has 5 heteroatoms. The smallest absolute Gasteiger partial charge is 0.0378 e. The van der Waals surface area contributed by atoms with Crippen molar-refractivity contribution in [3.63, 3.8) is 0 Å². The summed E-state index contributed by atoms with van der Waals surface area (Å²) < 4.78 is 1.14. The van der Waals surface area contributed by atoms with E-state index < -0.39 is 0 Å². The number of nitrogens with zero attached hydrogens (tertiary/aromatic N) is 1. The molecular weight excluding hydrogens is 334 g/mol. The molecule has 0 spiro atoms. The van der Waals surface area contributed by atoms with Crippen molar-refractivity contribution in [3.05, 3.63) is 52.8 Å². The number of thioether (sulfide) groups is 1. The van der Waals surface area contributed by atoms with Gasteiger partial charge in [-0.1, -0.05) is 12.1 Å². The third-order valence-corrected chi connectivity index (χ3v) is 5.28. The second kappa shape index (κ2) is 7.67. The summed E-state index contributed by atoms with van der Waals surface area (Å²) in [4.78, 5) is 5.40. The molecule has 20 heavy (non-hydrogen) atoms. The van der Waals surface area contributed by atoms with Crippen molar-refractivity contribution in [1.82, 2.24) is 10.3 Å². The van der Waals surface area contributed by atoms with Gasteiger partial charge in [0, 0.05) is 39.2 Å². The Morgan fingerprint density at radius 3 is 2.85 bits per heavy atom. The average Bonchev–Trinajstić information content (AvgIpc) is 2.47. The highest BCUT2D eigenvalue weighted by molar-refractivity contribution is 9.10. The molecule has 0 aliphatic heterocycles. The summed E-state index contributed by atoms with van der Waals surface area (Å²) in [5, 5.41) is 3.35. The maximum atomic E-state index is 5.97. The highest BCUT2D eigenvalue weighted by atomic mass is 79.9. The number of likely N-dealkylation sites (N-methyl/N-ethyl adjacent to an activating group) is 1. The zero-order valence-electron chi connectivity index (χ0n) is 11.3. The number of hydrogen-bond acceptors (Lipinski definition) is 4. The Labute approximate surface area is 132 Å². The number of halogens is 1. The van der Waals surface area contributed by atoms with Gasteiger partial charge in [0.25, 0.3) is 0 Å². The summed E-state index contributed by atoms with van der Waals surface area (Å²) in [6, 6.07) is 10.5. The number of pyridine rings is 1. The molecule has 1 aromatic carbocycles. The SMILES string of the molecule is CNC(CSc1ccccc1Br)Cc1cnccc1N. The van der Waals surface area contributed by atoms with Gasteiger partial charge in [-0.05, 0) is 53.2 Å². The van der Waals surface area contributed by atoms with Gasteiger partial charge in [0.05, 0.1) is 0 Å². The van der Waals surface area contributed by atoms with Gasteiger partial charge in [-0.25, -0.2) is 0 Å². The van der Waals surface area contributed by atoms with E-state index in [1.807, 2.05) is 37.1 Å². The van der Waals surface area contributed by atoms with Gasteiger partial charge >= 0.3 is 0 Å². The van der Waals surface area contributed by atoms with Gasteiger partial charge in [0.15, 0.2) is 0 Å². The second-order valence-corrected chi connectivity index (χ2v) is 6.42. The minimum atomic E-state index is 0.360. The molecule has 0 radical (unpaired) electrons. The first-order valence-electron chi connectivity index (χ1n) is 6.43. The first-order chi connectivity index (χ1) is 9.70. The number of nitrogens with two attached hydrogens (primary N) is 1. The molecule has 2 rings (SSSR count). The second-order valence-electron chi connectivity index (χ2n) is 4.51. The first-order valence-corrected chi connectivity index (χ1v) is 8.21. The zero-order chi connectivity index (χ0) is 14.4. The van der Waals surface area contributed by atoms with Gasteiger partial charge in [-0.2, -0.15) is 0 Å². The summed E-state index contributed by atoms with van der Waals surface area (Å²) in [6.45, 7) is 0. The minimum absolute atomic E-state index is 0.360. The van der Waals surface area contributed by atoms with E-state index in [4.69, 9.17) is 5.73 Å². The Balaban J connectivity index is 1.96. The summed E-state index contributed by atoms with van der Waals surface area (Å²) in [5.41, 5.74) is 7.88. The van der Waals surface area contributed by atoms with Gasteiger partial charge in [0.1, 0.15) is 0 Å². The molecule has 3 N–H and O–H groups in total. The van der Waals surface area contributed by atoms with Gasteiger partial charge < -0.3 is 11.1 Å². The van der Waals surface area contributed by atoms with Crippen LogP contribution < -0.4 is 11.1 Å². The molecule has 3 nitrogen and oxygen atoms in total. The van der Waals surface area contributed by atoms with Crippen LogP contribution in [-0.2, 0) is 6.42 Å². The van der Waals surface area contributed by atoms with Crippen molar-refractivity contribution in [3.8, 4) is 0 Å². The monoisotopic (exact) mass is 351 g/mol. The van der Waals surface area contributed by atoms with Crippen LogP contribution >= 0.6 is 27.7 Å². The molecule has 0 amide bonds. The molecule has 0 fully saturated rings. The third kappa shape index (κ3) is 4.23. The van der Waals surface area contributed by atoms with Crippen molar-refractivity contribution in [2.75, 3.05) is 18.5 Å². The fourth-order valence-corrected chi connectivity index (χ4v) is 3.54. The van der Waals surface area contributed by atoms with E-state index in [-0.39, 0.29) is 0 Å². The van der Waals surface area contributed by atoms with E-state index in [0.29, 0.717) is 6.04 Å². The molecule has 0 saturated heterocycles. The molecule has 1 atom stereocenters. The minimum Gasteiger partial charge on any atom is -0.398 e. The number of nitrogen functional groups attached to an aromatic ring is 1. The number of nitrogens with one attached hydrogen (secondary N) is 1. The quantitative estimate of drug-likeness (QED) is 0.783. The lowest BCUT2D eigenvalue weighted by atomic mass is 10.1. The summed E-state index contributed by atoms with van der Waals surface area (Å²) in [6.07, 6.45) is 4.46. The number of rotatable bonds is 6. The van der Waals surface area contributed by atoms with Gasteiger partial charge in [-0.15, -0.1) is 11.8 Å². The average molecular weight is 352 g/mol. The largest absolute Gasteiger partial charge is 0.398 e. The van der Waals surface area contributed by atoms with Crippen LogP contribution in [0.1, 0.15) is 5.56 Å². The van der Waals surface area contributed by atoms with Crippen LogP contribution in [-0.4, -0.2) is 23.8 Å². The van der Waals surface area contributed by atoms with E-state index in [1.54, 1.807) is 6.20 Å². The fourth-order valence-electron chi connectivity index (χ4n) is 1.87. The molecule has 2 aromatic rings. The van der Waals surface area contributed by atoms with Crippen molar-refractivity contribution in [2.45, 2.75) is 17.4 Å². The van der Waals surface area contributed by atoms with Crippen LogP contribution in [0.4, 0.5) is 5.69 Å². The van der Waals surface area contributed by atoms with Crippen LogP contribution in [0.5, 0.6) is 0 Å². The standard InChI is InChI=1S/C15H18BrN3S/c1-18-12(8-11-9-19-7-6-14(11)17)10-20-15-5-3-2-4-13(15)16/h2-7,9,12,18H,8,10H2,1H3,(H2,17,19). The van der Waals surface area contributed by atoms with E-state index in [2.05, 4.69) is 44.4 Å². The van der Waals surface area contributed by atoms with Crippen LogP contribution in [0.15, 0.2) is 52.1 Å². The maximum Gasteiger partial charge on any atom is 0.0378 e. The Morgan fingerprint density at radius 2 is 2.15 bits per heavy atom. The third-order valence-electron chi connectivity index (χ3n) is 3.09. The molecule has 0 bridgehead atoms. The topological polar surface area (TPSA) is 50.9 Å². The van der Waals surface area contributed by atoms with Crippen molar-refractivity contribution < 1.29 is 0 Å². The van der Waals surface area contributed by atoms with Gasteiger partial charge in [0.2, 0.25) is 0 Å². The number of hydrogen-bond donors (Lipinski definition) is 2. The molecule has 1 aromatic heterocycles. The number of aromatic nitrogens is 1. The van der Waals surface area contributed by atoms with Gasteiger partial charge in [-0.3, -0.25) is 4.98 Å². The lowest BCUT2D eigenvalue weighted by Gasteiger charge is -2.17. The Bertz CT molecular complexity index is 562. The molecule has 1 unspecified atom stereocenters. The molecule has 0 saturated carbocycles. The van der Waals surface area contributed by atoms with Crippen molar-refractivity contribution >= 4 is 33.4 Å². The van der Waals surface area contributed by atoms with Crippen LogP contribution in [0.2, 0.25) is 0 Å². The van der Waals surface area contributed by atoms with Crippen molar-refractivity contribution in [1.29, 1.82) is 0 Å². The summed E-state index contributed by atoms with van der Waals surface area (Å²) >= 11 is 5.41. The first kappa shape index (κ1) is 15.4.